The van der Waals surface area contributed by atoms with Crippen molar-refractivity contribution in [3.8, 4) is 11.8 Å². The Balaban J connectivity index is 1.44. The maximum atomic E-state index is 9.76. The van der Waals surface area contributed by atoms with E-state index in [1.165, 1.54) is 10.4 Å². The van der Waals surface area contributed by atoms with E-state index in [9.17, 15) is 5.26 Å². The van der Waals surface area contributed by atoms with Crippen LogP contribution in [0.4, 0.5) is 5.00 Å². The van der Waals surface area contributed by atoms with E-state index < -0.39 is 0 Å². The molecule has 0 N–H and O–H groups in total. The highest BCUT2D eigenvalue weighted by atomic mass is 35.5. The minimum atomic E-state index is 0.278. The van der Waals surface area contributed by atoms with Crippen LogP contribution in [0.3, 0.4) is 0 Å². The third kappa shape index (κ3) is 5.61. The van der Waals surface area contributed by atoms with Crippen LogP contribution in [-0.4, -0.2) is 6.21 Å². The second-order valence-corrected chi connectivity index (χ2v) is 11.4. The van der Waals surface area contributed by atoms with Crippen molar-refractivity contribution < 1.29 is 4.74 Å². The number of thiophene rings is 1. The number of ether oxygens (including phenoxy) is 1. The smallest absolute Gasteiger partial charge is 0.134 e. The second kappa shape index (κ2) is 9.89. The predicted molar refractivity (Wildman–Crippen MR) is 138 cm³/mol. The molecule has 1 aliphatic rings. The summed E-state index contributed by atoms with van der Waals surface area (Å²) < 4.78 is 5.85. The first-order valence-corrected chi connectivity index (χ1v) is 12.6. The van der Waals surface area contributed by atoms with E-state index in [2.05, 4.69) is 31.8 Å². The number of nitriles is 1. The van der Waals surface area contributed by atoms with Gasteiger partial charge in [-0.2, -0.15) is 5.26 Å². The Morgan fingerprint density at radius 3 is 2.61 bits per heavy atom. The minimum Gasteiger partial charge on any atom is -0.489 e. The van der Waals surface area contributed by atoms with Crippen molar-refractivity contribution in [2.75, 3.05) is 0 Å². The molecule has 3 aromatic rings. The number of halogens is 2. The molecule has 0 saturated carbocycles. The van der Waals surface area contributed by atoms with Gasteiger partial charge in [0.1, 0.15) is 23.4 Å². The number of nitrogens with zero attached hydrogens (tertiary/aromatic N) is 2. The van der Waals surface area contributed by atoms with Crippen LogP contribution in [0.15, 0.2) is 47.5 Å². The lowest BCUT2D eigenvalue weighted by molar-refractivity contribution is 0.218. The first kappa shape index (κ1) is 23.8. The summed E-state index contributed by atoms with van der Waals surface area (Å²) in [4.78, 5) is 6.01. The molecule has 1 aliphatic carbocycles. The molecule has 0 spiro atoms. The van der Waals surface area contributed by atoms with Crippen LogP contribution >= 0.6 is 34.5 Å². The Bertz CT molecular complexity index is 1220. The lowest BCUT2D eigenvalue weighted by Crippen LogP contribution is -2.26. The van der Waals surface area contributed by atoms with Crippen LogP contribution in [-0.2, 0) is 19.4 Å². The Morgan fingerprint density at radius 1 is 1.18 bits per heavy atom. The van der Waals surface area contributed by atoms with Gasteiger partial charge in [0.05, 0.1) is 5.56 Å². The molecule has 2 aromatic carbocycles. The van der Waals surface area contributed by atoms with E-state index in [4.69, 9.17) is 27.9 Å². The monoisotopic (exact) mass is 496 g/mol. The second-order valence-electron chi connectivity index (χ2n) is 9.45. The molecular weight excluding hydrogens is 471 g/mol. The molecule has 0 unspecified atom stereocenters. The zero-order valence-electron chi connectivity index (χ0n) is 19.0. The van der Waals surface area contributed by atoms with E-state index >= 15 is 0 Å². The van der Waals surface area contributed by atoms with Crippen LogP contribution in [0.1, 0.15) is 54.3 Å². The van der Waals surface area contributed by atoms with Crippen LogP contribution in [0.5, 0.6) is 5.75 Å². The van der Waals surface area contributed by atoms with E-state index in [0.717, 1.165) is 46.7 Å². The van der Waals surface area contributed by atoms with Gasteiger partial charge in [0.15, 0.2) is 0 Å². The quantitative estimate of drug-likeness (QED) is 0.332. The molecular formula is C27H26Cl2N2OS. The fourth-order valence-electron chi connectivity index (χ4n) is 4.10. The number of rotatable bonds is 5. The molecule has 33 heavy (non-hydrogen) atoms. The molecule has 170 valence electrons. The lowest BCUT2D eigenvalue weighted by atomic mass is 9.72. The SMILES string of the molecule is CC(C)(C)[C@@H]1CCc2c(sc(N=Cc3ccc(OCc4ccc(Cl)cc4Cl)cc3)c2C#N)C1. The molecule has 1 atom stereocenters. The first-order chi connectivity index (χ1) is 15.7. The summed E-state index contributed by atoms with van der Waals surface area (Å²) in [5.74, 6) is 1.39. The summed E-state index contributed by atoms with van der Waals surface area (Å²) in [6.45, 7) is 7.28. The highest BCUT2D eigenvalue weighted by Gasteiger charge is 2.32. The van der Waals surface area contributed by atoms with Gasteiger partial charge < -0.3 is 4.74 Å². The van der Waals surface area contributed by atoms with E-state index in [-0.39, 0.29) is 5.41 Å². The normalized spacial score (nSPS) is 15.9. The van der Waals surface area contributed by atoms with Gasteiger partial charge in [0.2, 0.25) is 0 Å². The molecule has 1 aromatic heterocycles. The molecule has 3 nitrogen and oxygen atoms in total. The van der Waals surface area contributed by atoms with Gasteiger partial charge in [-0.25, -0.2) is 4.99 Å². The van der Waals surface area contributed by atoms with E-state index in [0.29, 0.717) is 22.6 Å². The van der Waals surface area contributed by atoms with Gasteiger partial charge in [-0.15, -0.1) is 11.3 Å². The summed E-state index contributed by atoms with van der Waals surface area (Å²) in [6.07, 6.45) is 4.96. The number of fused-ring (bicyclic) bond motifs is 1. The molecule has 0 amide bonds. The molecule has 4 rings (SSSR count). The molecule has 0 bridgehead atoms. The summed E-state index contributed by atoms with van der Waals surface area (Å²) >= 11 is 13.8. The zero-order valence-corrected chi connectivity index (χ0v) is 21.3. The molecule has 0 radical (unpaired) electrons. The third-order valence-electron chi connectivity index (χ3n) is 6.20. The minimum absolute atomic E-state index is 0.278. The van der Waals surface area contributed by atoms with Crippen LogP contribution < -0.4 is 4.74 Å². The Kier molecular flexibility index (Phi) is 7.14. The lowest BCUT2D eigenvalue weighted by Gasteiger charge is -2.33. The van der Waals surface area contributed by atoms with Crippen molar-refractivity contribution in [1.82, 2.24) is 0 Å². The molecule has 1 heterocycles. The topological polar surface area (TPSA) is 45.4 Å². The van der Waals surface area contributed by atoms with E-state index in [1.807, 2.05) is 36.5 Å². The number of hydrogen-bond donors (Lipinski definition) is 0. The van der Waals surface area contributed by atoms with Crippen molar-refractivity contribution in [2.45, 2.75) is 46.6 Å². The molecule has 6 heteroatoms. The Hall–Kier alpha value is -2.32. The zero-order chi connectivity index (χ0) is 23.6. The van der Waals surface area contributed by atoms with Gasteiger partial charge in [0, 0.05) is 26.7 Å². The largest absolute Gasteiger partial charge is 0.489 e. The van der Waals surface area contributed by atoms with E-state index in [1.54, 1.807) is 23.5 Å². The summed E-state index contributed by atoms with van der Waals surface area (Å²) in [5, 5.41) is 11.8. The number of aliphatic imine (C=N–C) groups is 1. The maximum absolute atomic E-state index is 9.76. The van der Waals surface area contributed by atoms with Gasteiger partial charge in [0.25, 0.3) is 0 Å². The van der Waals surface area contributed by atoms with Crippen LogP contribution in [0.25, 0.3) is 0 Å². The summed E-state index contributed by atoms with van der Waals surface area (Å²) in [6, 6.07) is 15.5. The highest BCUT2D eigenvalue weighted by Crippen LogP contribution is 2.44. The first-order valence-electron chi connectivity index (χ1n) is 11.0. The fourth-order valence-corrected chi connectivity index (χ4v) is 5.78. The van der Waals surface area contributed by atoms with Crippen molar-refractivity contribution in [3.63, 3.8) is 0 Å². The highest BCUT2D eigenvalue weighted by molar-refractivity contribution is 7.16. The average molecular weight is 497 g/mol. The summed E-state index contributed by atoms with van der Waals surface area (Å²) in [7, 11) is 0. The van der Waals surface area contributed by atoms with Crippen molar-refractivity contribution >= 4 is 45.8 Å². The Morgan fingerprint density at radius 2 is 1.94 bits per heavy atom. The van der Waals surface area contributed by atoms with Crippen molar-refractivity contribution in [1.29, 1.82) is 5.26 Å². The fraction of sp³-hybridized carbons (Fsp3) is 0.333. The van der Waals surface area contributed by atoms with Crippen molar-refractivity contribution in [2.24, 2.45) is 16.3 Å². The van der Waals surface area contributed by atoms with Gasteiger partial charge in [-0.3, -0.25) is 0 Å². The molecule has 0 aliphatic heterocycles. The van der Waals surface area contributed by atoms with Crippen molar-refractivity contribution in [3.05, 3.63) is 79.6 Å². The van der Waals surface area contributed by atoms with Gasteiger partial charge >= 0.3 is 0 Å². The third-order valence-corrected chi connectivity index (χ3v) is 7.95. The Labute approximate surface area is 209 Å². The van der Waals surface area contributed by atoms with Gasteiger partial charge in [-0.1, -0.05) is 50.0 Å². The standard InChI is InChI=1S/C27H26Cl2N2OS/c1-27(2,3)19-7-11-22-23(14-30)26(33-25(22)12-19)31-15-17-4-9-21(10-5-17)32-16-18-6-8-20(28)13-24(18)29/h4-6,8-10,13,15,19H,7,11-12,16H2,1-3H3/t19-/m1/s1. The number of benzene rings is 2. The van der Waals surface area contributed by atoms with Gasteiger partial charge in [-0.05, 0) is 78.1 Å². The average Bonchev–Trinajstić information content (AvgIpc) is 3.14. The number of hydrogen-bond acceptors (Lipinski definition) is 4. The molecule has 0 saturated heterocycles. The maximum Gasteiger partial charge on any atom is 0.134 e. The molecule has 0 fully saturated rings. The summed E-state index contributed by atoms with van der Waals surface area (Å²) in [5.41, 5.74) is 4.07. The predicted octanol–water partition coefficient (Wildman–Crippen LogP) is 8.41. The van der Waals surface area contributed by atoms with Crippen LogP contribution in [0.2, 0.25) is 10.0 Å². The van der Waals surface area contributed by atoms with Crippen LogP contribution in [0, 0.1) is 22.7 Å².